The summed E-state index contributed by atoms with van der Waals surface area (Å²) in [5.74, 6) is 1.93. The Morgan fingerprint density at radius 3 is 2.47 bits per heavy atom. The van der Waals surface area contributed by atoms with Crippen LogP contribution in [0, 0.1) is 5.92 Å². The third kappa shape index (κ3) is 4.00. The van der Waals surface area contributed by atoms with E-state index in [0.29, 0.717) is 11.8 Å². The van der Waals surface area contributed by atoms with Crippen molar-refractivity contribution >= 4 is 11.6 Å². The molecule has 0 aliphatic heterocycles. The maximum absolute atomic E-state index is 6.07. The van der Waals surface area contributed by atoms with E-state index < -0.39 is 0 Å². The number of methoxy groups -OCH3 is 1. The Labute approximate surface area is 119 Å². The van der Waals surface area contributed by atoms with E-state index in [0.717, 1.165) is 24.3 Å². The first-order valence-electron chi connectivity index (χ1n) is 6.38. The Bertz CT molecular complexity index is 507. The van der Waals surface area contributed by atoms with Gasteiger partial charge in [0, 0.05) is 19.1 Å². The van der Waals surface area contributed by atoms with Gasteiger partial charge in [0.1, 0.15) is 5.75 Å². The number of nitrogens with zero attached hydrogens (tertiary/aromatic N) is 2. The van der Waals surface area contributed by atoms with Gasteiger partial charge in [-0.15, -0.1) is 11.6 Å². The van der Waals surface area contributed by atoms with Crippen molar-refractivity contribution in [1.82, 2.24) is 9.78 Å². The van der Waals surface area contributed by atoms with Crippen LogP contribution >= 0.6 is 11.6 Å². The molecular formula is C15H19ClN2O. The molecule has 19 heavy (non-hydrogen) atoms. The fourth-order valence-corrected chi connectivity index (χ4v) is 2.36. The molecule has 1 aromatic carbocycles. The minimum absolute atomic E-state index is 0.407. The van der Waals surface area contributed by atoms with E-state index in [1.165, 1.54) is 5.56 Å². The lowest BCUT2D eigenvalue weighted by Crippen LogP contribution is -2.11. The van der Waals surface area contributed by atoms with Gasteiger partial charge < -0.3 is 4.74 Å². The van der Waals surface area contributed by atoms with Crippen molar-refractivity contribution < 1.29 is 4.74 Å². The van der Waals surface area contributed by atoms with Crippen LogP contribution in [0.5, 0.6) is 5.75 Å². The molecule has 1 unspecified atom stereocenters. The number of benzene rings is 1. The smallest absolute Gasteiger partial charge is 0.118 e. The minimum Gasteiger partial charge on any atom is -0.497 e. The molecule has 0 saturated heterocycles. The number of alkyl halides is 1. The van der Waals surface area contributed by atoms with Gasteiger partial charge in [-0.2, -0.15) is 5.10 Å². The molecule has 2 rings (SSSR count). The van der Waals surface area contributed by atoms with Crippen LogP contribution < -0.4 is 4.74 Å². The third-order valence-electron chi connectivity index (χ3n) is 3.17. The SMILES string of the molecule is COc1ccc(CC(CCl)Cc2ccn(C)n2)cc1. The third-order valence-corrected chi connectivity index (χ3v) is 3.60. The average Bonchev–Trinajstić information content (AvgIpc) is 2.84. The zero-order valence-electron chi connectivity index (χ0n) is 11.3. The molecule has 0 spiro atoms. The lowest BCUT2D eigenvalue weighted by molar-refractivity contribution is 0.414. The standard InChI is InChI=1S/C15H19ClN2O/c1-18-8-7-14(17-18)10-13(11-16)9-12-3-5-15(19-2)6-4-12/h3-8,13H,9-11H2,1-2H3. The van der Waals surface area contributed by atoms with Crippen molar-refractivity contribution in [2.45, 2.75) is 12.8 Å². The van der Waals surface area contributed by atoms with E-state index in [9.17, 15) is 0 Å². The van der Waals surface area contributed by atoms with Gasteiger partial charge in [-0.25, -0.2) is 0 Å². The lowest BCUT2D eigenvalue weighted by atomic mass is 9.96. The molecule has 102 valence electrons. The molecular weight excluding hydrogens is 260 g/mol. The summed E-state index contributed by atoms with van der Waals surface area (Å²) in [4.78, 5) is 0. The number of rotatable bonds is 6. The van der Waals surface area contributed by atoms with Gasteiger partial charge >= 0.3 is 0 Å². The van der Waals surface area contributed by atoms with Crippen LogP contribution in [0.2, 0.25) is 0 Å². The van der Waals surface area contributed by atoms with Gasteiger partial charge in [-0.3, -0.25) is 4.68 Å². The summed E-state index contributed by atoms with van der Waals surface area (Å²) in [7, 11) is 3.61. The molecule has 4 heteroatoms. The Morgan fingerprint density at radius 1 is 1.21 bits per heavy atom. The topological polar surface area (TPSA) is 27.1 Å². The predicted molar refractivity (Wildman–Crippen MR) is 77.8 cm³/mol. The fraction of sp³-hybridized carbons (Fsp3) is 0.400. The summed E-state index contributed by atoms with van der Waals surface area (Å²) in [5.41, 5.74) is 2.38. The zero-order valence-corrected chi connectivity index (χ0v) is 12.1. The largest absolute Gasteiger partial charge is 0.497 e. The van der Waals surface area contributed by atoms with Crippen LogP contribution in [0.4, 0.5) is 0 Å². The van der Waals surface area contributed by atoms with E-state index in [1.54, 1.807) is 7.11 Å². The van der Waals surface area contributed by atoms with Crippen molar-refractivity contribution in [2.75, 3.05) is 13.0 Å². The van der Waals surface area contributed by atoms with Gasteiger partial charge in [0.15, 0.2) is 0 Å². The number of aromatic nitrogens is 2. The zero-order chi connectivity index (χ0) is 13.7. The molecule has 0 saturated carbocycles. The molecule has 3 nitrogen and oxygen atoms in total. The quantitative estimate of drug-likeness (QED) is 0.760. The minimum atomic E-state index is 0.407. The van der Waals surface area contributed by atoms with Gasteiger partial charge in [0.05, 0.1) is 12.8 Å². The summed E-state index contributed by atoms with van der Waals surface area (Å²) >= 11 is 6.07. The number of ether oxygens (including phenoxy) is 1. The van der Waals surface area contributed by atoms with Crippen molar-refractivity contribution in [3.05, 3.63) is 47.8 Å². The van der Waals surface area contributed by atoms with E-state index in [2.05, 4.69) is 17.2 Å². The molecule has 0 amide bonds. The first-order chi connectivity index (χ1) is 9.21. The van der Waals surface area contributed by atoms with E-state index in [-0.39, 0.29) is 0 Å². The Balaban J connectivity index is 1.97. The number of halogens is 1. The van der Waals surface area contributed by atoms with E-state index in [1.807, 2.05) is 36.1 Å². The molecule has 0 N–H and O–H groups in total. The van der Waals surface area contributed by atoms with Crippen molar-refractivity contribution in [3.8, 4) is 5.75 Å². The van der Waals surface area contributed by atoms with E-state index in [4.69, 9.17) is 16.3 Å². The van der Waals surface area contributed by atoms with Crippen LogP contribution in [0.1, 0.15) is 11.3 Å². The van der Waals surface area contributed by atoms with Crippen LogP contribution in [0.15, 0.2) is 36.5 Å². The molecule has 0 aliphatic rings. The lowest BCUT2D eigenvalue weighted by Gasteiger charge is -2.12. The second-order valence-electron chi connectivity index (χ2n) is 4.76. The van der Waals surface area contributed by atoms with Crippen LogP contribution in [-0.4, -0.2) is 22.8 Å². The highest BCUT2D eigenvalue weighted by molar-refractivity contribution is 6.18. The Kier molecular flexibility index (Phi) is 4.86. The molecule has 1 heterocycles. The summed E-state index contributed by atoms with van der Waals surface area (Å²) in [5, 5.41) is 4.41. The number of hydrogen-bond donors (Lipinski definition) is 0. The molecule has 2 aromatic rings. The summed E-state index contributed by atoms with van der Waals surface area (Å²) in [6.07, 6.45) is 3.84. The Morgan fingerprint density at radius 2 is 1.95 bits per heavy atom. The van der Waals surface area contributed by atoms with Gasteiger partial charge in [-0.05, 0) is 42.5 Å². The van der Waals surface area contributed by atoms with Crippen LogP contribution in [0.25, 0.3) is 0 Å². The van der Waals surface area contributed by atoms with Crippen LogP contribution in [-0.2, 0) is 19.9 Å². The highest BCUT2D eigenvalue weighted by atomic mass is 35.5. The van der Waals surface area contributed by atoms with Crippen molar-refractivity contribution in [1.29, 1.82) is 0 Å². The van der Waals surface area contributed by atoms with Crippen molar-refractivity contribution in [2.24, 2.45) is 13.0 Å². The molecule has 0 bridgehead atoms. The highest BCUT2D eigenvalue weighted by Crippen LogP contribution is 2.18. The maximum Gasteiger partial charge on any atom is 0.118 e. The maximum atomic E-state index is 6.07. The van der Waals surface area contributed by atoms with Gasteiger partial charge in [0.25, 0.3) is 0 Å². The van der Waals surface area contributed by atoms with E-state index >= 15 is 0 Å². The van der Waals surface area contributed by atoms with Crippen LogP contribution in [0.3, 0.4) is 0 Å². The normalized spacial score (nSPS) is 12.4. The first kappa shape index (κ1) is 13.9. The molecule has 1 aromatic heterocycles. The molecule has 1 atom stereocenters. The van der Waals surface area contributed by atoms with Gasteiger partial charge in [-0.1, -0.05) is 12.1 Å². The number of hydrogen-bond acceptors (Lipinski definition) is 2. The summed E-state index contributed by atoms with van der Waals surface area (Å²) < 4.78 is 6.99. The second kappa shape index (κ2) is 6.62. The molecule has 0 aliphatic carbocycles. The van der Waals surface area contributed by atoms with Gasteiger partial charge in [0.2, 0.25) is 0 Å². The summed E-state index contributed by atoms with van der Waals surface area (Å²) in [6.45, 7) is 0. The molecule has 0 fully saturated rings. The number of aryl methyl sites for hydroxylation is 1. The average molecular weight is 279 g/mol. The molecule has 0 radical (unpaired) electrons. The summed E-state index contributed by atoms with van der Waals surface area (Å²) in [6, 6.07) is 10.2. The first-order valence-corrected chi connectivity index (χ1v) is 6.92. The highest BCUT2D eigenvalue weighted by Gasteiger charge is 2.11. The monoisotopic (exact) mass is 278 g/mol. The second-order valence-corrected chi connectivity index (χ2v) is 5.07. The predicted octanol–water partition coefficient (Wildman–Crippen LogP) is 3.07. The van der Waals surface area contributed by atoms with Crippen molar-refractivity contribution in [3.63, 3.8) is 0 Å². The fourth-order valence-electron chi connectivity index (χ4n) is 2.14. The Hall–Kier alpha value is -1.48.